The molecule has 0 aliphatic heterocycles. The Bertz CT molecular complexity index is 447. The number of amides is 1. The Balaban J connectivity index is 2.40. The first kappa shape index (κ1) is 18.0. The number of alkyl carbamates (subject to hydrolysis) is 1. The number of hydrogen-bond acceptors (Lipinski definition) is 4. The Kier molecular flexibility index (Phi) is 8.72. The minimum absolute atomic E-state index is 0.177. The molecular formula is C17H25NO4. The van der Waals surface area contributed by atoms with E-state index in [1.165, 1.54) is 0 Å². The van der Waals surface area contributed by atoms with E-state index >= 15 is 0 Å². The van der Waals surface area contributed by atoms with Crippen molar-refractivity contribution < 1.29 is 19.1 Å². The summed E-state index contributed by atoms with van der Waals surface area (Å²) in [6.07, 6.45) is 2.48. The van der Waals surface area contributed by atoms with Gasteiger partial charge in [-0.25, -0.2) is 9.59 Å². The van der Waals surface area contributed by atoms with Crippen LogP contribution in [0.3, 0.4) is 0 Å². The summed E-state index contributed by atoms with van der Waals surface area (Å²) in [5.41, 5.74) is 0.898. The molecule has 1 amide bonds. The Morgan fingerprint density at radius 1 is 1.09 bits per heavy atom. The highest BCUT2D eigenvalue weighted by molar-refractivity contribution is 5.81. The number of esters is 1. The molecule has 1 unspecified atom stereocenters. The molecule has 0 aliphatic rings. The van der Waals surface area contributed by atoms with Gasteiger partial charge in [-0.3, -0.25) is 0 Å². The van der Waals surface area contributed by atoms with E-state index in [4.69, 9.17) is 9.47 Å². The van der Waals surface area contributed by atoms with Gasteiger partial charge in [0.1, 0.15) is 12.6 Å². The molecule has 1 atom stereocenters. The molecule has 5 heteroatoms. The summed E-state index contributed by atoms with van der Waals surface area (Å²) < 4.78 is 10.3. The minimum atomic E-state index is -0.648. The van der Waals surface area contributed by atoms with E-state index < -0.39 is 18.1 Å². The van der Waals surface area contributed by atoms with Crippen molar-refractivity contribution in [3.63, 3.8) is 0 Å². The van der Waals surface area contributed by atoms with Crippen LogP contribution in [-0.4, -0.2) is 24.7 Å². The lowest BCUT2D eigenvalue weighted by Gasteiger charge is -2.17. The Hall–Kier alpha value is -2.04. The molecule has 5 nitrogen and oxygen atoms in total. The molecule has 22 heavy (non-hydrogen) atoms. The summed E-state index contributed by atoms with van der Waals surface area (Å²) >= 11 is 0. The van der Waals surface area contributed by atoms with E-state index in [2.05, 4.69) is 5.32 Å². The van der Waals surface area contributed by atoms with Gasteiger partial charge in [-0.2, -0.15) is 0 Å². The molecule has 0 aliphatic carbocycles. The molecule has 0 saturated carbocycles. The second-order valence-electron chi connectivity index (χ2n) is 5.07. The summed E-state index contributed by atoms with van der Waals surface area (Å²) in [4.78, 5) is 23.7. The van der Waals surface area contributed by atoms with Crippen molar-refractivity contribution in [1.29, 1.82) is 0 Å². The van der Waals surface area contributed by atoms with Crippen LogP contribution in [0.5, 0.6) is 0 Å². The fourth-order valence-corrected chi connectivity index (χ4v) is 1.86. The lowest BCUT2D eigenvalue weighted by molar-refractivity contribution is -0.146. The third-order valence-electron chi connectivity index (χ3n) is 3.11. The first-order chi connectivity index (χ1) is 10.7. The van der Waals surface area contributed by atoms with Gasteiger partial charge in [0.15, 0.2) is 0 Å². The zero-order valence-corrected chi connectivity index (χ0v) is 13.3. The summed E-state index contributed by atoms with van der Waals surface area (Å²) in [7, 11) is 0. The molecule has 1 aromatic rings. The highest BCUT2D eigenvalue weighted by Crippen LogP contribution is 2.04. The topological polar surface area (TPSA) is 64.6 Å². The summed E-state index contributed by atoms with van der Waals surface area (Å²) in [5.74, 6) is -0.396. The number of rotatable bonds is 9. The van der Waals surface area contributed by atoms with E-state index in [1.807, 2.05) is 44.2 Å². The molecule has 1 N–H and O–H groups in total. The van der Waals surface area contributed by atoms with Gasteiger partial charge in [0.2, 0.25) is 0 Å². The number of nitrogens with one attached hydrogen (secondary N) is 1. The van der Waals surface area contributed by atoms with Crippen molar-refractivity contribution in [1.82, 2.24) is 5.32 Å². The number of hydrogen-bond donors (Lipinski definition) is 1. The van der Waals surface area contributed by atoms with Gasteiger partial charge >= 0.3 is 12.1 Å². The molecule has 0 saturated heterocycles. The van der Waals surface area contributed by atoms with Crippen LogP contribution in [0.25, 0.3) is 0 Å². The standard InChI is InChI=1S/C17H25NO4/c1-3-5-12-21-16(19)15(9-4-2)18-17(20)22-13-14-10-7-6-8-11-14/h6-8,10-11,15H,3-5,9,12-13H2,1-2H3,(H,18,20). The van der Waals surface area contributed by atoms with Crippen LogP contribution < -0.4 is 5.32 Å². The zero-order valence-electron chi connectivity index (χ0n) is 13.3. The molecule has 0 fully saturated rings. The second kappa shape index (κ2) is 10.7. The maximum absolute atomic E-state index is 11.9. The third kappa shape index (κ3) is 7.11. The van der Waals surface area contributed by atoms with Gasteiger partial charge in [-0.15, -0.1) is 0 Å². The lowest BCUT2D eigenvalue weighted by atomic mass is 10.2. The van der Waals surface area contributed by atoms with Crippen molar-refractivity contribution in [3.8, 4) is 0 Å². The van der Waals surface area contributed by atoms with Gasteiger partial charge < -0.3 is 14.8 Å². The van der Waals surface area contributed by atoms with Gasteiger partial charge in [-0.1, -0.05) is 57.0 Å². The van der Waals surface area contributed by atoms with Crippen LogP contribution in [0.2, 0.25) is 0 Å². The predicted octanol–water partition coefficient (Wildman–Crippen LogP) is 3.42. The molecule has 0 spiro atoms. The molecule has 0 bridgehead atoms. The molecule has 1 rings (SSSR count). The van der Waals surface area contributed by atoms with Crippen LogP contribution in [-0.2, 0) is 20.9 Å². The molecular weight excluding hydrogens is 282 g/mol. The smallest absolute Gasteiger partial charge is 0.408 e. The Labute approximate surface area is 132 Å². The van der Waals surface area contributed by atoms with Crippen molar-refractivity contribution in [3.05, 3.63) is 35.9 Å². The lowest BCUT2D eigenvalue weighted by Crippen LogP contribution is -2.42. The maximum Gasteiger partial charge on any atom is 0.408 e. The Morgan fingerprint density at radius 2 is 1.82 bits per heavy atom. The average molecular weight is 307 g/mol. The predicted molar refractivity (Wildman–Crippen MR) is 84.3 cm³/mol. The number of unbranched alkanes of at least 4 members (excludes halogenated alkanes) is 1. The van der Waals surface area contributed by atoms with Gasteiger partial charge in [0.25, 0.3) is 0 Å². The number of benzene rings is 1. The van der Waals surface area contributed by atoms with Crippen molar-refractivity contribution in [2.24, 2.45) is 0 Å². The average Bonchev–Trinajstić information content (AvgIpc) is 2.53. The highest BCUT2D eigenvalue weighted by atomic mass is 16.6. The SMILES string of the molecule is CCCCOC(=O)C(CCC)NC(=O)OCc1ccccc1. The van der Waals surface area contributed by atoms with Gasteiger partial charge in [0, 0.05) is 0 Å². The monoisotopic (exact) mass is 307 g/mol. The van der Waals surface area contributed by atoms with E-state index in [-0.39, 0.29) is 6.61 Å². The Morgan fingerprint density at radius 3 is 2.45 bits per heavy atom. The van der Waals surface area contributed by atoms with Crippen molar-refractivity contribution >= 4 is 12.1 Å². The first-order valence-electron chi connectivity index (χ1n) is 7.81. The molecule has 0 aromatic heterocycles. The largest absolute Gasteiger partial charge is 0.464 e. The summed E-state index contributed by atoms with van der Waals surface area (Å²) in [6, 6.07) is 8.74. The molecule has 122 valence electrons. The van der Waals surface area contributed by atoms with Gasteiger partial charge in [-0.05, 0) is 18.4 Å². The molecule has 0 radical (unpaired) electrons. The summed E-state index contributed by atoms with van der Waals surface area (Å²) in [5, 5.41) is 2.58. The summed E-state index contributed by atoms with van der Waals surface area (Å²) in [6.45, 7) is 4.53. The normalized spacial score (nSPS) is 11.5. The van der Waals surface area contributed by atoms with Crippen LogP contribution in [0, 0.1) is 0 Å². The molecule has 1 aromatic carbocycles. The van der Waals surface area contributed by atoms with Crippen LogP contribution >= 0.6 is 0 Å². The van der Waals surface area contributed by atoms with Gasteiger partial charge in [0.05, 0.1) is 6.61 Å². The quantitative estimate of drug-likeness (QED) is 0.561. The minimum Gasteiger partial charge on any atom is -0.464 e. The van der Waals surface area contributed by atoms with E-state index in [9.17, 15) is 9.59 Å². The first-order valence-corrected chi connectivity index (χ1v) is 7.81. The van der Waals surface area contributed by atoms with E-state index in [0.29, 0.717) is 13.0 Å². The van der Waals surface area contributed by atoms with Crippen molar-refractivity contribution in [2.75, 3.05) is 6.61 Å². The van der Waals surface area contributed by atoms with Crippen molar-refractivity contribution in [2.45, 2.75) is 52.2 Å². The van der Waals surface area contributed by atoms with Crippen LogP contribution in [0.4, 0.5) is 4.79 Å². The fraction of sp³-hybridized carbons (Fsp3) is 0.529. The number of carbonyl (C=O) groups is 2. The maximum atomic E-state index is 11.9. The third-order valence-corrected chi connectivity index (χ3v) is 3.11. The molecule has 0 heterocycles. The van der Waals surface area contributed by atoms with E-state index in [0.717, 1.165) is 24.8 Å². The van der Waals surface area contributed by atoms with Crippen LogP contribution in [0.1, 0.15) is 45.1 Å². The fourth-order valence-electron chi connectivity index (χ4n) is 1.86. The highest BCUT2D eigenvalue weighted by Gasteiger charge is 2.21. The second-order valence-corrected chi connectivity index (χ2v) is 5.07. The van der Waals surface area contributed by atoms with Crippen LogP contribution in [0.15, 0.2) is 30.3 Å². The number of ether oxygens (including phenoxy) is 2. The number of carbonyl (C=O) groups excluding carboxylic acids is 2. The van der Waals surface area contributed by atoms with E-state index in [1.54, 1.807) is 0 Å². The zero-order chi connectivity index (χ0) is 16.2.